The van der Waals surface area contributed by atoms with Gasteiger partial charge in [-0.05, 0) is 70.0 Å². The van der Waals surface area contributed by atoms with E-state index in [1.165, 1.54) is 11.3 Å². The van der Waals surface area contributed by atoms with Crippen molar-refractivity contribution in [1.29, 1.82) is 0 Å². The summed E-state index contributed by atoms with van der Waals surface area (Å²) in [4.78, 5) is 41.2. The third kappa shape index (κ3) is 6.37. The summed E-state index contributed by atoms with van der Waals surface area (Å²) in [6.45, 7) is 7.78. The van der Waals surface area contributed by atoms with Crippen molar-refractivity contribution < 1.29 is 27.7 Å². The molecule has 1 N–H and O–H groups in total. The summed E-state index contributed by atoms with van der Waals surface area (Å²) in [5, 5.41) is 8.15. The standard InChI is InChI=1S/C31H31ClN4O7S/c1-17(2)35-10-8-21(9-11-35)33-29(37)24-13-20-12-19(30(38)40-16-26-18(3)41-31(39)42-26)4-5-23(20)36(24)15-22-14-25(43-34-22)27-6-7-28(32)44-27/h4-7,12-14,17,21H,8-11,15-16H2,1-3H3,(H,33,37). The summed E-state index contributed by atoms with van der Waals surface area (Å²) in [6.07, 6.45) is 1.73. The number of aryl methyl sites for hydroxylation is 1. The molecule has 11 nitrogen and oxygen atoms in total. The van der Waals surface area contributed by atoms with E-state index in [-0.39, 0.29) is 42.2 Å². The van der Waals surface area contributed by atoms with Crippen molar-refractivity contribution in [3.05, 3.63) is 85.9 Å². The van der Waals surface area contributed by atoms with Gasteiger partial charge in [0.25, 0.3) is 5.91 Å². The van der Waals surface area contributed by atoms with Crippen LogP contribution in [0, 0.1) is 6.92 Å². The molecule has 1 fully saturated rings. The molecule has 0 unspecified atom stereocenters. The first kappa shape index (κ1) is 29.9. The van der Waals surface area contributed by atoms with Crippen molar-refractivity contribution in [3.63, 3.8) is 0 Å². The zero-order chi connectivity index (χ0) is 31.0. The molecule has 1 aromatic carbocycles. The minimum absolute atomic E-state index is 0.0585. The van der Waals surface area contributed by atoms with Crippen molar-refractivity contribution in [2.45, 2.75) is 58.8 Å². The number of likely N-dealkylation sites (tertiary alicyclic amines) is 1. The van der Waals surface area contributed by atoms with Gasteiger partial charge in [-0.1, -0.05) is 16.8 Å². The van der Waals surface area contributed by atoms with Crippen LogP contribution in [0.3, 0.4) is 0 Å². The van der Waals surface area contributed by atoms with Crippen molar-refractivity contribution in [2.24, 2.45) is 0 Å². The number of nitrogens with zero attached hydrogens (tertiary/aromatic N) is 3. The monoisotopic (exact) mass is 638 g/mol. The van der Waals surface area contributed by atoms with Crippen LogP contribution < -0.4 is 11.1 Å². The van der Waals surface area contributed by atoms with E-state index < -0.39 is 11.8 Å². The fraction of sp³-hybridized carbons (Fsp3) is 0.355. The molecule has 0 atom stereocenters. The number of fused-ring (bicyclic) bond motifs is 1. The van der Waals surface area contributed by atoms with Crippen LogP contribution in [0.15, 0.2) is 60.6 Å². The van der Waals surface area contributed by atoms with Gasteiger partial charge in [0, 0.05) is 42.1 Å². The van der Waals surface area contributed by atoms with E-state index in [0.717, 1.165) is 36.3 Å². The number of carbonyl (C=O) groups is 2. The van der Waals surface area contributed by atoms with Gasteiger partial charge in [0.2, 0.25) is 0 Å². The fourth-order valence-corrected chi connectivity index (χ4v) is 6.40. The van der Waals surface area contributed by atoms with E-state index in [0.29, 0.717) is 32.9 Å². The van der Waals surface area contributed by atoms with Crippen molar-refractivity contribution in [1.82, 2.24) is 19.9 Å². The van der Waals surface area contributed by atoms with Crippen LogP contribution in [-0.2, 0) is 17.9 Å². The number of ether oxygens (including phenoxy) is 1. The number of esters is 1. The molecule has 0 aliphatic carbocycles. The smallest absolute Gasteiger partial charge is 0.454 e. The highest BCUT2D eigenvalue weighted by Crippen LogP contribution is 2.32. The number of amides is 1. The highest BCUT2D eigenvalue weighted by molar-refractivity contribution is 7.19. The Hall–Kier alpha value is -4.13. The highest BCUT2D eigenvalue weighted by Gasteiger charge is 2.25. The Kier molecular flexibility index (Phi) is 8.48. The Balaban J connectivity index is 1.27. The second-order valence-electron chi connectivity index (χ2n) is 11.1. The third-order valence-corrected chi connectivity index (χ3v) is 9.08. The van der Waals surface area contributed by atoms with Crippen molar-refractivity contribution >= 4 is 45.7 Å². The normalized spacial score (nSPS) is 14.5. The molecule has 4 aromatic heterocycles. The Labute approximate surface area is 261 Å². The van der Waals surface area contributed by atoms with Crippen LogP contribution >= 0.6 is 22.9 Å². The number of hydrogen-bond donors (Lipinski definition) is 1. The lowest BCUT2D eigenvalue weighted by atomic mass is 10.0. The number of thiophene rings is 1. The SMILES string of the molecule is Cc1oc(=O)oc1COC(=O)c1ccc2c(c1)cc(C(=O)NC1CCN(C(C)C)CC1)n2Cc1cc(-c2ccc(Cl)s2)on1. The predicted octanol–water partition coefficient (Wildman–Crippen LogP) is 5.87. The first-order chi connectivity index (χ1) is 21.1. The van der Waals surface area contributed by atoms with Crippen molar-refractivity contribution in [2.75, 3.05) is 13.1 Å². The van der Waals surface area contributed by atoms with E-state index in [1.807, 2.05) is 16.7 Å². The highest BCUT2D eigenvalue weighted by atomic mass is 35.5. The van der Waals surface area contributed by atoms with E-state index >= 15 is 0 Å². The zero-order valence-electron chi connectivity index (χ0n) is 24.4. The van der Waals surface area contributed by atoms with Gasteiger partial charge in [-0.25, -0.2) is 9.59 Å². The summed E-state index contributed by atoms with van der Waals surface area (Å²) >= 11 is 7.49. The number of rotatable bonds is 9. The quantitative estimate of drug-likeness (QED) is 0.197. The maximum atomic E-state index is 13.7. The van der Waals surface area contributed by atoms with Crippen molar-refractivity contribution in [3.8, 4) is 10.6 Å². The second-order valence-corrected chi connectivity index (χ2v) is 12.8. The van der Waals surface area contributed by atoms with E-state index in [2.05, 4.69) is 29.2 Å². The summed E-state index contributed by atoms with van der Waals surface area (Å²) in [6, 6.07) is 12.9. The molecule has 13 heteroatoms. The molecule has 1 saturated heterocycles. The molecule has 0 spiro atoms. The van der Waals surface area contributed by atoms with Crippen LogP contribution in [0.25, 0.3) is 21.5 Å². The van der Waals surface area contributed by atoms with Crippen LogP contribution in [0.1, 0.15) is 64.7 Å². The molecule has 1 aliphatic rings. The average Bonchev–Trinajstić information content (AvgIpc) is 3.79. The average molecular weight is 639 g/mol. The zero-order valence-corrected chi connectivity index (χ0v) is 26.0. The predicted molar refractivity (Wildman–Crippen MR) is 164 cm³/mol. The molecule has 5 aromatic rings. The number of halogens is 1. The summed E-state index contributed by atoms with van der Waals surface area (Å²) in [7, 11) is 0. The Morgan fingerprint density at radius 2 is 1.93 bits per heavy atom. The van der Waals surface area contributed by atoms with Gasteiger partial charge < -0.3 is 32.9 Å². The lowest BCUT2D eigenvalue weighted by Gasteiger charge is -2.34. The Morgan fingerprint density at radius 1 is 1.14 bits per heavy atom. The van der Waals surface area contributed by atoms with Crippen LogP contribution in [-0.4, -0.2) is 51.7 Å². The lowest BCUT2D eigenvalue weighted by Crippen LogP contribution is -2.46. The Morgan fingerprint density at radius 3 is 2.61 bits per heavy atom. The topological polar surface area (TPSA) is 133 Å². The molecule has 0 saturated carbocycles. The number of hydrogen-bond acceptors (Lipinski definition) is 10. The van der Waals surface area contributed by atoms with Gasteiger partial charge in [-0.2, -0.15) is 0 Å². The number of nitrogens with one attached hydrogen (secondary N) is 1. The van der Waals surface area contributed by atoms with Crippen LogP contribution in [0.5, 0.6) is 0 Å². The maximum absolute atomic E-state index is 13.7. The number of benzene rings is 1. The molecule has 5 heterocycles. The molecular weight excluding hydrogens is 608 g/mol. The molecule has 0 bridgehead atoms. The van der Waals surface area contributed by atoms with Gasteiger partial charge in [0.1, 0.15) is 11.4 Å². The van der Waals surface area contributed by atoms with Gasteiger partial charge in [0.15, 0.2) is 23.9 Å². The molecule has 44 heavy (non-hydrogen) atoms. The minimum Gasteiger partial charge on any atom is -0.454 e. The molecule has 1 aliphatic heterocycles. The van der Waals surface area contributed by atoms with Crippen LogP contribution in [0.2, 0.25) is 4.34 Å². The number of aromatic nitrogens is 2. The van der Waals surface area contributed by atoms with Gasteiger partial charge in [-0.15, -0.1) is 11.3 Å². The first-order valence-corrected chi connectivity index (χ1v) is 15.5. The molecule has 1 amide bonds. The number of piperidine rings is 1. The maximum Gasteiger partial charge on any atom is 0.519 e. The summed E-state index contributed by atoms with van der Waals surface area (Å²) < 4.78 is 23.2. The molecule has 230 valence electrons. The van der Waals surface area contributed by atoms with Gasteiger partial charge in [-0.3, -0.25) is 4.79 Å². The molecular formula is C31H31ClN4O7S. The van der Waals surface area contributed by atoms with E-state index in [1.54, 1.807) is 37.3 Å². The summed E-state index contributed by atoms with van der Waals surface area (Å²) in [5.74, 6) is -0.685. The largest absolute Gasteiger partial charge is 0.519 e. The summed E-state index contributed by atoms with van der Waals surface area (Å²) in [5.41, 5.74) is 2.09. The lowest BCUT2D eigenvalue weighted by molar-refractivity contribution is 0.0443. The molecule has 0 radical (unpaired) electrons. The van der Waals surface area contributed by atoms with Crippen LogP contribution in [0.4, 0.5) is 0 Å². The second kappa shape index (κ2) is 12.5. The van der Waals surface area contributed by atoms with Gasteiger partial charge in [0.05, 0.1) is 21.3 Å². The number of carbonyl (C=O) groups excluding carboxylic acids is 2. The van der Waals surface area contributed by atoms with E-state index in [9.17, 15) is 14.4 Å². The third-order valence-electron chi connectivity index (χ3n) is 7.83. The van der Waals surface area contributed by atoms with E-state index in [4.69, 9.17) is 29.7 Å². The minimum atomic E-state index is -0.856. The van der Waals surface area contributed by atoms with Gasteiger partial charge >= 0.3 is 11.8 Å². The Bertz CT molecular complexity index is 1870. The first-order valence-electron chi connectivity index (χ1n) is 14.3. The fourth-order valence-electron chi connectivity index (χ4n) is 5.41. The molecule has 6 rings (SSSR count).